The Kier molecular flexibility index (Phi) is 5.98. The quantitative estimate of drug-likeness (QED) is 0.487. The Bertz CT molecular complexity index is 1280. The molecular weight excluding hydrogens is 548 g/mol. The number of methoxy groups -OCH3 is 1. The van der Waals surface area contributed by atoms with E-state index in [-0.39, 0.29) is 29.8 Å². The standard InChI is InChI=1S/C25H25BrN4O5S/c1-34-24(33)20-16(10-30-17-8-13(9-19(31)32)25(17)12-35-11-18(25)30)28-22(23-27-6-7-36-23)29-21(20)14-4-2-3-5-15(14)26/h2-7,13,17-18,21H,8-12H2,1H3,(H,28,29)(H,31,32)/t13-,17-,18-,21+,25?/m1/s1. The lowest BCUT2D eigenvalue weighted by Crippen LogP contribution is -2.80. The molecule has 1 unspecified atom stereocenters. The third-order valence-electron chi connectivity index (χ3n) is 8.06. The van der Waals surface area contributed by atoms with Crippen molar-refractivity contribution < 1.29 is 24.2 Å². The van der Waals surface area contributed by atoms with Crippen LogP contribution in [0.1, 0.15) is 29.5 Å². The van der Waals surface area contributed by atoms with Gasteiger partial charge in [0.25, 0.3) is 0 Å². The van der Waals surface area contributed by atoms with Crippen LogP contribution in [0.25, 0.3) is 0 Å². The Morgan fingerprint density at radius 2 is 2.19 bits per heavy atom. The molecule has 2 saturated heterocycles. The van der Waals surface area contributed by atoms with E-state index >= 15 is 0 Å². The highest BCUT2D eigenvalue weighted by atomic mass is 79.9. The number of carboxylic acid groups (broad SMARTS) is 1. The van der Waals surface area contributed by atoms with Gasteiger partial charge in [0.2, 0.25) is 0 Å². The van der Waals surface area contributed by atoms with Gasteiger partial charge in [-0.25, -0.2) is 9.78 Å². The highest BCUT2D eigenvalue weighted by Gasteiger charge is 2.73. The predicted molar refractivity (Wildman–Crippen MR) is 136 cm³/mol. The van der Waals surface area contributed by atoms with E-state index < -0.39 is 18.0 Å². The maximum absolute atomic E-state index is 13.2. The topological polar surface area (TPSA) is 113 Å². The minimum absolute atomic E-state index is 0.104. The lowest BCUT2D eigenvalue weighted by molar-refractivity contribution is -0.222. The summed E-state index contributed by atoms with van der Waals surface area (Å²) in [5.74, 6) is -0.466. The van der Waals surface area contributed by atoms with Crippen LogP contribution in [0, 0.1) is 11.3 Å². The number of amidine groups is 1. The van der Waals surface area contributed by atoms with Gasteiger partial charge in [0.05, 0.1) is 25.9 Å². The van der Waals surface area contributed by atoms with Gasteiger partial charge in [0.1, 0.15) is 6.04 Å². The number of carbonyl (C=O) groups is 2. The Morgan fingerprint density at radius 3 is 2.92 bits per heavy atom. The van der Waals surface area contributed by atoms with Gasteiger partial charge in [-0.05, 0) is 24.0 Å². The molecule has 36 heavy (non-hydrogen) atoms. The van der Waals surface area contributed by atoms with Crippen LogP contribution in [0.4, 0.5) is 0 Å². The van der Waals surface area contributed by atoms with Crippen LogP contribution in [0.3, 0.4) is 0 Å². The first-order valence-electron chi connectivity index (χ1n) is 11.8. The molecule has 11 heteroatoms. The number of hydrogen-bond donors (Lipinski definition) is 2. The van der Waals surface area contributed by atoms with E-state index in [9.17, 15) is 14.7 Å². The minimum Gasteiger partial charge on any atom is -0.481 e. The van der Waals surface area contributed by atoms with E-state index in [2.05, 4.69) is 31.1 Å². The van der Waals surface area contributed by atoms with Crippen molar-refractivity contribution in [2.45, 2.75) is 31.0 Å². The van der Waals surface area contributed by atoms with Gasteiger partial charge in [0.15, 0.2) is 10.8 Å². The second-order valence-electron chi connectivity index (χ2n) is 9.61. The fourth-order valence-corrected chi connectivity index (χ4v) is 7.53. The molecule has 1 aromatic carbocycles. The second kappa shape index (κ2) is 9.05. The van der Waals surface area contributed by atoms with Crippen LogP contribution in [-0.2, 0) is 19.1 Å². The number of rotatable bonds is 7. The molecule has 9 nitrogen and oxygen atoms in total. The molecule has 1 aromatic heterocycles. The molecule has 4 aliphatic rings. The van der Waals surface area contributed by atoms with Crippen molar-refractivity contribution in [2.75, 3.05) is 26.9 Å². The first kappa shape index (κ1) is 23.8. The molecule has 0 radical (unpaired) electrons. The Labute approximate surface area is 220 Å². The summed E-state index contributed by atoms with van der Waals surface area (Å²) in [6.45, 7) is 1.64. The van der Waals surface area contributed by atoms with Crippen molar-refractivity contribution in [3.8, 4) is 0 Å². The summed E-state index contributed by atoms with van der Waals surface area (Å²) in [6.07, 6.45) is 2.71. The van der Waals surface area contributed by atoms with E-state index in [0.29, 0.717) is 31.2 Å². The number of aromatic nitrogens is 1. The molecule has 1 spiro atoms. The van der Waals surface area contributed by atoms with Gasteiger partial charge in [0, 0.05) is 52.2 Å². The molecule has 1 saturated carbocycles. The molecule has 5 atom stereocenters. The number of thiazole rings is 1. The van der Waals surface area contributed by atoms with Crippen molar-refractivity contribution in [1.29, 1.82) is 0 Å². The van der Waals surface area contributed by atoms with Crippen molar-refractivity contribution in [1.82, 2.24) is 15.2 Å². The molecular formula is C25H25BrN4O5S. The maximum Gasteiger partial charge on any atom is 0.338 e. The van der Waals surface area contributed by atoms with Crippen LogP contribution in [0.2, 0.25) is 0 Å². The zero-order chi connectivity index (χ0) is 25.0. The lowest BCUT2D eigenvalue weighted by Gasteiger charge is -2.71. The predicted octanol–water partition coefficient (Wildman–Crippen LogP) is 2.99. The first-order valence-corrected chi connectivity index (χ1v) is 13.5. The monoisotopic (exact) mass is 572 g/mol. The zero-order valence-electron chi connectivity index (χ0n) is 19.5. The summed E-state index contributed by atoms with van der Waals surface area (Å²) in [6, 6.07) is 7.50. The van der Waals surface area contributed by atoms with E-state index in [1.807, 2.05) is 29.6 Å². The van der Waals surface area contributed by atoms with E-state index in [1.54, 1.807) is 6.20 Å². The second-order valence-corrected chi connectivity index (χ2v) is 11.4. The number of hydrogen-bond acceptors (Lipinski definition) is 9. The number of aliphatic carboxylic acids is 1. The SMILES string of the molecule is COC(=O)C1=C(CN2[C@@H]3COCC34[C@@H](CC(=O)O)C[C@@H]24)NC(c2nccs2)=N[C@H]1c1ccccc1Br. The molecule has 0 amide bonds. The number of aliphatic imine (C=N–C) groups is 1. The average Bonchev–Trinajstić information content (AvgIpc) is 3.55. The fraction of sp³-hybridized carbons (Fsp3) is 0.440. The van der Waals surface area contributed by atoms with Gasteiger partial charge >= 0.3 is 11.9 Å². The van der Waals surface area contributed by atoms with Crippen LogP contribution in [0.5, 0.6) is 0 Å². The van der Waals surface area contributed by atoms with Gasteiger partial charge in [-0.1, -0.05) is 34.1 Å². The highest BCUT2D eigenvalue weighted by molar-refractivity contribution is 9.10. The summed E-state index contributed by atoms with van der Waals surface area (Å²) in [5, 5.41) is 15.4. The normalized spacial score (nSPS) is 30.9. The maximum atomic E-state index is 13.2. The summed E-state index contributed by atoms with van der Waals surface area (Å²) in [7, 11) is 1.38. The molecule has 188 valence electrons. The van der Waals surface area contributed by atoms with Gasteiger partial charge in [-0.3, -0.25) is 14.7 Å². The number of benzene rings is 1. The molecule has 1 aliphatic carbocycles. The number of ether oxygens (including phenoxy) is 2. The van der Waals surface area contributed by atoms with Crippen molar-refractivity contribution in [2.24, 2.45) is 16.3 Å². The highest BCUT2D eigenvalue weighted by Crippen LogP contribution is 2.65. The van der Waals surface area contributed by atoms with Gasteiger partial charge < -0.3 is 19.9 Å². The smallest absolute Gasteiger partial charge is 0.338 e. The number of halogens is 1. The first-order chi connectivity index (χ1) is 17.4. The Hall–Kier alpha value is -2.60. The molecule has 6 rings (SSSR count). The minimum atomic E-state index is -0.762. The van der Waals surface area contributed by atoms with Crippen molar-refractivity contribution in [3.05, 3.63) is 62.2 Å². The molecule has 4 heterocycles. The van der Waals surface area contributed by atoms with Crippen LogP contribution >= 0.6 is 27.3 Å². The number of esters is 1. The fourth-order valence-electron chi connectivity index (χ4n) is 6.44. The van der Waals surface area contributed by atoms with Crippen LogP contribution in [-0.4, -0.2) is 71.7 Å². The number of carbonyl (C=O) groups excluding carboxylic acids is 1. The van der Waals surface area contributed by atoms with E-state index in [0.717, 1.165) is 27.2 Å². The Morgan fingerprint density at radius 1 is 1.36 bits per heavy atom. The lowest BCUT2D eigenvalue weighted by atomic mass is 9.46. The van der Waals surface area contributed by atoms with Crippen LogP contribution in [0.15, 0.2) is 56.6 Å². The van der Waals surface area contributed by atoms with E-state index in [4.69, 9.17) is 14.5 Å². The third-order valence-corrected chi connectivity index (χ3v) is 9.57. The van der Waals surface area contributed by atoms with Crippen molar-refractivity contribution >= 4 is 45.0 Å². The number of carboxylic acids is 1. The number of piperidine rings is 1. The van der Waals surface area contributed by atoms with Gasteiger partial charge in [-0.15, -0.1) is 11.3 Å². The van der Waals surface area contributed by atoms with Gasteiger partial charge in [-0.2, -0.15) is 0 Å². The number of nitrogens with one attached hydrogen (secondary N) is 1. The average molecular weight is 573 g/mol. The largest absolute Gasteiger partial charge is 0.481 e. The Balaban J connectivity index is 1.38. The summed E-state index contributed by atoms with van der Waals surface area (Å²) < 4.78 is 12.0. The molecule has 2 aromatic rings. The van der Waals surface area contributed by atoms with Crippen molar-refractivity contribution in [3.63, 3.8) is 0 Å². The van der Waals surface area contributed by atoms with Crippen LogP contribution < -0.4 is 5.32 Å². The molecule has 2 N–H and O–H groups in total. The molecule has 0 bridgehead atoms. The zero-order valence-corrected chi connectivity index (χ0v) is 21.9. The summed E-state index contributed by atoms with van der Waals surface area (Å²) >= 11 is 5.11. The number of nitrogens with zero attached hydrogens (tertiary/aromatic N) is 3. The summed E-state index contributed by atoms with van der Waals surface area (Å²) in [5.41, 5.74) is 1.94. The van der Waals surface area contributed by atoms with E-state index in [1.165, 1.54) is 18.4 Å². The third kappa shape index (κ3) is 3.55. The molecule has 3 aliphatic heterocycles. The molecule has 3 fully saturated rings. The summed E-state index contributed by atoms with van der Waals surface area (Å²) in [4.78, 5) is 36.3. The number of likely N-dealkylation sites (tertiary alicyclic amines) is 1.